The first-order valence-corrected chi connectivity index (χ1v) is 10.9. The van der Waals surface area contributed by atoms with Gasteiger partial charge in [0.1, 0.15) is 5.82 Å². The fourth-order valence-electron chi connectivity index (χ4n) is 3.61. The van der Waals surface area contributed by atoms with E-state index in [4.69, 9.17) is 14.2 Å². The van der Waals surface area contributed by atoms with Gasteiger partial charge < -0.3 is 24.0 Å². The number of hydrogen-bond acceptors (Lipinski definition) is 7. The van der Waals surface area contributed by atoms with Gasteiger partial charge in [0.15, 0.2) is 16.6 Å². The zero-order valence-electron chi connectivity index (χ0n) is 18.1. The summed E-state index contributed by atoms with van der Waals surface area (Å²) in [5.74, 6) is 1.24. The van der Waals surface area contributed by atoms with Crippen molar-refractivity contribution in [3.8, 4) is 17.2 Å². The van der Waals surface area contributed by atoms with Crippen molar-refractivity contribution in [3.05, 3.63) is 47.8 Å². The Morgan fingerprint density at radius 2 is 1.72 bits per heavy atom. The van der Waals surface area contributed by atoms with Gasteiger partial charge >= 0.3 is 0 Å². The molecule has 2 heterocycles. The summed E-state index contributed by atoms with van der Waals surface area (Å²) in [4.78, 5) is 21.2. The number of amides is 1. The summed E-state index contributed by atoms with van der Waals surface area (Å²) in [5, 5.41) is 0.852. The summed E-state index contributed by atoms with van der Waals surface area (Å²) in [7, 11) is 4.65. The highest BCUT2D eigenvalue weighted by Crippen LogP contribution is 2.38. The molecule has 4 rings (SSSR count). The highest BCUT2D eigenvalue weighted by Gasteiger charge is 2.22. The van der Waals surface area contributed by atoms with Gasteiger partial charge in [0, 0.05) is 32.3 Å². The molecule has 7 nitrogen and oxygen atoms in total. The molecule has 1 amide bonds. The zero-order chi connectivity index (χ0) is 22.7. The molecule has 0 bridgehead atoms. The fraction of sp³-hybridized carbons (Fsp3) is 0.304. The van der Waals surface area contributed by atoms with Gasteiger partial charge in [0.05, 0.1) is 31.5 Å². The van der Waals surface area contributed by atoms with Gasteiger partial charge in [0.25, 0.3) is 0 Å². The second kappa shape index (κ2) is 9.44. The van der Waals surface area contributed by atoms with Gasteiger partial charge in [-0.15, -0.1) is 0 Å². The van der Waals surface area contributed by atoms with E-state index in [1.54, 1.807) is 56.6 Å². The Balaban J connectivity index is 1.40. The summed E-state index contributed by atoms with van der Waals surface area (Å²) >= 11 is 1.47. The van der Waals surface area contributed by atoms with Crippen molar-refractivity contribution in [1.82, 2.24) is 9.88 Å². The molecule has 1 saturated heterocycles. The number of methoxy groups -OCH3 is 3. The number of ether oxygens (including phenoxy) is 3. The number of piperazine rings is 1. The predicted molar refractivity (Wildman–Crippen MR) is 124 cm³/mol. The fourth-order valence-corrected chi connectivity index (χ4v) is 4.65. The van der Waals surface area contributed by atoms with Crippen molar-refractivity contribution in [2.24, 2.45) is 0 Å². The van der Waals surface area contributed by atoms with Crippen LogP contribution in [-0.4, -0.2) is 63.3 Å². The maximum atomic E-state index is 13.4. The minimum absolute atomic E-state index is 0.0650. The minimum Gasteiger partial charge on any atom is -0.493 e. The number of carbonyl (C=O) groups excluding carboxylic acids is 1. The van der Waals surface area contributed by atoms with Crippen LogP contribution >= 0.6 is 11.3 Å². The average Bonchev–Trinajstić information content (AvgIpc) is 3.25. The number of rotatable bonds is 6. The van der Waals surface area contributed by atoms with Crippen molar-refractivity contribution in [2.45, 2.75) is 0 Å². The summed E-state index contributed by atoms with van der Waals surface area (Å²) in [6.07, 6.45) is 3.29. The summed E-state index contributed by atoms with van der Waals surface area (Å²) in [6, 6.07) is 8.20. The lowest BCUT2D eigenvalue weighted by Gasteiger charge is -2.34. The molecule has 1 aromatic heterocycles. The third-order valence-electron chi connectivity index (χ3n) is 5.31. The molecule has 0 atom stereocenters. The maximum Gasteiger partial charge on any atom is 0.246 e. The first kappa shape index (κ1) is 21.9. The van der Waals surface area contributed by atoms with E-state index in [1.807, 2.05) is 0 Å². The van der Waals surface area contributed by atoms with Crippen LogP contribution in [-0.2, 0) is 4.79 Å². The van der Waals surface area contributed by atoms with Crippen LogP contribution < -0.4 is 19.1 Å². The monoisotopic (exact) mass is 457 g/mol. The third kappa shape index (κ3) is 4.47. The first-order chi connectivity index (χ1) is 15.5. The van der Waals surface area contributed by atoms with E-state index in [2.05, 4.69) is 9.88 Å². The first-order valence-electron chi connectivity index (χ1n) is 10.1. The lowest BCUT2D eigenvalue weighted by atomic mass is 10.1. The van der Waals surface area contributed by atoms with Crippen LogP contribution in [0, 0.1) is 5.82 Å². The molecule has 32 heavy (non-hydrogen) atoms. The molecule has 0 N–H and O–H groups in total. The van der Waals surface area contributed by atoms with E-state index >= 15 is 0 Å². The molecule has 3 aromatic rings. The van der Waals surface area contributed by atoms with Gasteiger partial charge in [-0.05, 0) is 42.0 Å². The lowest BCUT2D eigenvalue weighted by Crippen LogP contribution is -2.48. The number of hydrogen-bond donors (Lipinski definition) is 0. The number of fused-ring (bicyclic) bond motifs is 1. The van der Waals surface area contributed by atoms with Gasteiger partial charge in [-0.25, -0.2) is 9.37 Å². The van der Waals surface area contributed by atoms with Crippen molar-refractivity contribution in [3.63, 3.8) is 0 Å². The van der Waals surface area contributed by atoms with Crippen LogP contribution in [0.1, 0.15) is 5.56 Å². The van der Waals surface area contributed by atoms with E-state index in [9.17, 15) is 9.18 Å². The number of carbonyl (C=O) groups is 1. The SMILES string of the molecule is COc1cc(/C=C\C(=O)N2CCN(c3nc4ccc(F)cc4s3)CC2)cc(OC)c1OC. The van der Waals surface area contributed by atoms with Crippen molar-refractivity contribution >= 4 is 38.7 Å². The third-order valence-corrected chi connectivity index (χ3v) is 6.39. The summed E-state index contributed by atoms with van der Waals surface area (Å²) in [6.45, 7) is 2.52. The standard InChI is InChI=1S/C23H24FN3O4S/c1-29-18-12-15(13-19(30-2)22(18)31-3)4-7-21(28)26-8-10-27(11-9-26)23-25-17-6-5-16(24)14-20(17)32-23/h4-7,12-14H,8-11H2,1-3H3/b7-4-. The quantitative estimate of drug-likeness (QED) is 0.525. The van der Waals surface area contributed by atoms with Crippen LogP contribution in [0.3, 0.4) is 0 Å². The molecule has 1 aliphatic rings. The molecular formula is C23H24FN3O4S. The molecule has 2 aromatic carbocycles. The number of thiazole rings is 1. The highest BCUT2D eigenvalue weighted by molar-refractivity contribution is 7.22. The Labute approximate surface area is 189 Å². The highest BCUT2D eigenvalue weighted by atomic mass is 32.1. The molecule has 1 fully saturated rings. The molecule has 168 valence electrons. The van der Waals surface area contributed by atoms with Crippen LogP contribution in [0.5, 0.6) is 17.2 Å². The van der Waals surface area contributed by atoms with Crippen LogP contribution in [0.15, 0.2) is 36.4 Å². The van der Waals surface area contributed by atoms with Crippen molar-refractivity contribution < 1.29 is 23.4 Å². The number of benzene rings is 2. The molecule has 0 radical (unpaired) electrons. The van der Waals surface area contributed by atoms with E-state index in [1.165, 1.54) is 23.5 Å². The van der Waals surface area contributed by atoms with Gasteiger partial charge in [-0.3, -0.25) is 4.79 Å². The summed E-state index contributed by atoms with van der Waals surface area (Å²) < 4.78 is 30.3. The van der Waals surface area contributed by atoms with Crippen molar-refractivity contribution in [1.29, 1.82) is 0 Å². The minimum atomic E-state index is -0.262. The van der Waals surface area contributed by atoms with Gasteiger partial charge in [0.2, 0.25) is 11.7 Å². The van der Waals surface area contributed by atoms with E-state index in [-0.39, 0.29) is 11.7 Å². The van der Waals surface area contributed by atoms with E-state index in [0.717, 1.165) is 20.9 Å². The normalized spacial score (nSPS) is 14.2. The van der Waals surface area contributed by atoms with E-state index in [0.29, 0.717) is 43.4 Å². The van der Waals surface area contributed by atoms with Crippen LogP contribution in [0.25, 0.3) is 16.3 Å². The Morgan fingerprint density at radius 3 is 2.34 bits per heavy atom. The number of nitrogens with zero attached hydrogens (tertiary/aromatic N) is 3. The predicted octanol–water partition coefficient (Wildman–Crippen LogP) is 3.82. The number of anilines is 1. The maximum absolute atomic E-state index is 13.4. The summed E-state index contributed by atoms with van der Waals surface area (Å²) in [5.41, 5.74) is 1.56. The Bertz CT molecular complexity index is 1130. The molecule has 1 aliphatic heterocycles. The topological polar surface area (TPSA) is 64.1 Å². The smallest absolute Gasteiger partial charge is 0.246 e. The van der Waals surface area contributed by atoms with Crippen LogP contribution in [0.4, 0.5) is 9.52 Å². The molecule has 0 spiro atoms. The van der Waals surface area contributed by atoms with E-state index < -0.39 is 0 Å². The molecule has 9 heteroatoms. The molecule has 0 saturated carbocycles. The average molecular weight is 458 g/mol. The van der Waals surface area contributed by atoms with Gasteiger partial charge in [-0.2, -0.15) is 0 Å². The zero-order valence-corrected chi connectivity index (χ0v) is 18.9. The molecular weight excluding hydrogens is 433 g/mol. The Kier molecular flexibility index (Phi) is 6.45. The van der Waals surface area contributed by atoms with Crippen molar-refractivity contribution in [2.75, 3.05) is 52.4 Å². The number of halogens is 1. The van der Waals surface area contributed by atoms with Crippen LogP contribution in [0.2, 0.25) is 0 Å². The van der Waals surface area contributed by atoms with Gasteiger partial charge in [-0.1, -0.05) is 11.3 Å². The lowest BCUT2D eigenvalue weighted by molar-refractivity contribution is -0.126. The second-order valence-corrected chi connectivity index (χ2v) is 8.22. The largest absolute Gasteiger partial charge is 0.493 e. The Morgan fingerprint density at radius 1 is 1.03 bits per heavy atom. The second-order valence-electron chi connectivity index (χ2n) is 7.21. The Hall–Kier alpha value is -3.33. The molecule has 0 unspecified atom stereocenters. The number of aromatic nitrogens is 1. The molecule has 0 aliphatic carbocycles.